The Morgan fingerprint density at radius 2 is 1.79 bits per heavy atom. The number of ketones is 1. The van der Waals surface area contributed by atoms with E-state index in [9.17, 15) is 14.0 Å². The highest BCUT2D eigenvalue weighted by atomic mass is 19.1. The van der Waals surface area contributed by atoms with Crippen molar-refractivity contribution in [2.75, 3.05) is 13.1 Å². The highest BCUT2D eigenvalue weighted by Gasteiger charge is 2.19. The first kappa shape index (κ1) is 13.7. The van der Waals surface area contributed by atoms with Crippen molar-refractivity contribution in [1.29, 1.82) is 0 Å². The Labute approximate surface area is 112 Å². The molecule has 1 aliphatic rings. The maximum absolute atomic E-state index is 12.7. The topological polar surface area (TPSA) is 37.4 Å². The van der Waals surface area contributed by atoms with E-state index in [0.29, 0.717) is 32.4 Å². The predicted octanol–water partition coefficient (Wildman–Crippen LogP) is 2.34. The maximum atomic E-state index is 12.7. The highest BCUT2D eigenvalue weighted by molar-refractivity contribution is 5.83. The Kier molecular flexibility index (Phi) is 4.66. The highest BCUT2D eigenvalue weighted by Crippen LogP contribution is 2.11. The molecule has 1 aromatic carbocycles. The van der Waals surface area contributed by atoms with Gasteiger partial charge in [0.25, 0.3) is 0 Å². The first-order valence-corrected chi connectivity index (χ1v) is 6.69. The summed E-state index contributed by atoms with van der Waals surface area (Å²) in [7, 11) is 0. The molecule has 19 heavy (non-hydrogen) atoms. The van der Waals surface area contributed by atoms with Gasteiger partial charge >= 0.3 is 0 Å². The zero-order chi connectivity index (χ0) is 13.7. The number of halogens is 1. The SMILES string of the molecule is O=C1CCN(C(=O)CCCc2ccc(F)cc2)CC1. The molecule has 0 N–H and O–H groups in total. The number of amides is 1. The molecule has 102 valence electrons. The Balaban J connectivity index is 1.72. The number of likely N-dealkylation sites (tertiary alicyclic amines) is 1. The Morgan fingerprint density at radius 1 is 1.16 bits per heavy atom. The summed E-state index contributed by atoms with van der Waals surface area (Å²) >= 11 is 0. The second kappa shape index (κ2) is 6.45. The van der Waals surface area contributed by atoms with Crippen LogP contribution >= 0.6 is 0 Å². The third-order valence-corrected chi connectivity index (χ3v) is 3.44. The summed E-state index contributed by atoms with van der Waals surface area (Å²) in [6, 6.07) is 6.37. The van der Waals surface area contributed by atoms with Crippen LogP contribution in [0.15, 0.2) is 24.3 Å². The van der Waals surface area contributed by atoms with Crippen LogP contribution in [0.4, 0.5) is 4.39 Å². The lowest BCUT2D eigenvalue weighted by Crippen LogP contribution is -2.38. The van der Waals surface area contributed by atoms with Gasteiger partial charge in [0.1, 0.15) is 11.6 Å². The Bertz CT molecular complexity index is 446. The molecule has 0 aliphatic carbocycles. The number of hydrogen-bond donors (Lipinski definition) is 0. The molecule has 3 nitrogen and oxygen atoms in total. The standard InChI is InChI=1S/C15H18FNO2/c16-13-6-4-12(5-7-13)2-1-3-15(19)17-10-8-14(18)9-11-17/h4-7H,1-3,8-11H2. The van der Waals surface area contributed by atoms with Crippen molar-refractivity contribution < 1.29 is 14.0 Å². The van der Waals surface area contributed by atoms with Crippen molar-refractivity contribution in [3.63, 3.8) is 0 Å². The van der Waals surface area contributed by atoms with Crippen LogP contribution < -0.4 is 0 Å². The van der Waals surface area contributed by atoms with Gasteiger partial charge in [-0.15, -0.1) is 0 Å². The van der Waals surface area contributed by atoms with E-state index in [1.165, 1.54) is 12.1 Å². The van der Waals surface area contributed by atoms with Crippen molar-refractivity contribution in [2.45, 2.75) is 32.1 Å². The number of benzene rings is 1. The van der Waals surface area contributed by atoms with Gasteiger partial charge in [0, 0.05) is 32.4 Å². The zero-order valence-corrected chi connectivity index (χ0v) is 10.9. The summed E-state index contributed by atoms with van der Waals surface area (Å²) in [5, 5.41) is 0. The van der Waals surface area contributed by atoms with E-state index in [2.05, 4.69) is 0 Å². The average molecular weight is 263 g/mol. The third-order valence-electron chi connectivity index (χ3n) is 3.44. The molecule has 0 saturated carbocycles. The van der Waals surface area contributed by atoms with Crippen molar-refractivity contribution in [3.8, 4) is 0 Å². The van der Waals surface area contributed by atoms with Crippen molar-refractivity contribution in [3.05, 3.63) is 35.6 Å². The van der Waals surface area contributed by atoms with Gasteiger partial charge in [0.15, 0.2) is 0 Å². The summed E-state index contributed by atoms with van der Waals surface area (Å²) in [5.41, 5.74) is 1.04. The number of hydrogen-bond acceptors (Lipinski definition) is 2. The molecule has 1 fully saturated rings. The van der Waals surface area contributed by atoms with Gasteiger partial charge in [-0.25, -0.2) is 4.39 Å². The number of rotatable bonds is 4. The van der Waals surface area contributed by atoms with E-state index in [-0.39, 0.29) is 17.5 Å². The molecular weight excluding hydrogens is 245 g/mol. The lowest BCUT2D eigenvalue weighted by Gasteiger charge is -2.26. The van der Waals surface area contributed by atoms with Crippen LogP contribution in [0.1, 0.15) is 31.2 Å². The minimum absolute atomic E-state index is 0.120. The monoisotopic (exact) mass is 263 g/mol. The smallest absolute Gasteiger partial charge is 0.222 e. The molecule has 0 atom stereocenters. The Morgan fingerprint density at radius 3 is 2.42 bits per heavy atom. The van der Waals surface area contributed by atoms with Crippen LogP contribution in [0.2, 0.25) is 0 Å². The predicted molar refractivity (Wildman–Crippen MR) is 70.2 cm³/mol. The summed E-state index contributed by atoms with van der Waals surface area (Å²) in [5.74, 6) is 0.128. The molecule has 0 aromatic heterocycles. The second-order valence-electron chi connectivity index (χ2n) is 4.90. The lowest BCUT2D eigenvalue weighted by molar-refractivity contribution is -0.134. The fraction of sp³-hybridized carbons (Fsp3) is 0.467. The van der Waals surface area contributed by atoms with Gasteiger partial charge in [-0.1, -0.05) is 12.1 Å². The van der Waals surface area contributed by atoms with Gasteiger partial charge in [-0.2, -0.15) is 0 Å². The Hall–Kier alpha value is -1.71. The van der Waals surface area contributed by atoms with Gasteiger partial charge in [-0.05, 0) is 30.5 Å². The van der Waals surface area contributed by atoms with E-state index >= 15 is 0 Å². The van der Waals surface area contributed by atoms with Gasteiger partial charge in [0.2, 0.25) is 5.91 Å². The summed E-state index contributed by atoms with van der Waals surface area (Å²) in [6.45, 7) is 1.13. The van der Waals surface area contributed by atoms with Gasteiger partial charge < -0.3 is 4.90 Å². The van der Waals surface area contributed by atoms with E-state index in [4.69, 9.17) is 0 Å². The van der Waals surface area contributed by atoms with Crippen LogP contribution in [-0.4, -0.2) is 29.7 Å². The molecule has 1 aromatic rings. The van der Waals surface area contributed by atoms with Crippen LogP contribution in [0.25, 0.3) is 0 Å². The molecule has 1 amide bonds. The molecule has 2 rings (SSSR count). The molecule has 0 spiro atoms. The van der Waals surface area contributed by atoms with E-state index in [0.717, 1.165) is 18.4 Å². The quantitative estimate of drug-likeness (QED) is 0.836. The third kappa shape index (κ3) is 4.16. The molecule has 0 radical (unpaired) electrons. The van der Waals surface area contributed by atoms with Crippen molar-refractivity contribution >= 4 is 11.7 Å². The number of aryl methyl sites for hydroxylation is 1. The summed E-state index contributed by atoms with van der Waals surface area (Å²) < 4.78 is 12.7. The molecule has 1 saturated heterocycles. The molecule has 1 heterocycles. The van der Waals surface area contributed by atoms with Crippen LogP contribution in [0, 0.1) is 5.82 Å². The molecule has 0 bridgehead atoms. The van der Waals surface area contributed by atoms with Crippen LogP contribution in [-0.2, 0) is 16.0 Å². The number of Topliss-reactive ketones (excluding diaryl/α,β-unsaturated/α-hetero) is 1. The number of carbonyl (C=O) groups is 2. The van der Waals surface area contributed by atoms with Crippen LogP contribution in [0.5, 0.6) is 0 Å². The van der Waals surface area contributed by atoms with Crippen molar-refractivity contribution in [1.82, 2.24) is 4.90 Å². The second-order valence-corrected chi connectivity index (χ2v) is 4.90. The number of piperidine rings is 1. The van der Waals surface area contributed by atoms with E-state index in [1.54, 1.807) is 17.0 Å². The molecule has 0 unspecified atom stereocenters. The minimum Gasteiger partial charge on any atom is -0.342 e. The molecule has 1 aliphatic heterocycles. The largest absolute Gasteiger partial charge is 0.342 e. The first-order chi connectivity index (χ1) is 9.15. The fourth-order valence-electron chi connectivity index (χ4n) is 2.26. The van der Waals surface area contributed by atoms with E-state index < -0.39 is 0 Å². The van der Waals surface area contributed by atoms with Gasteiger partial charge in [-0.3, -0.25) is 9.59 Å². The maximum Gasteiger partial charge on any atom is 0.222 e. The normalized spacial score (nSPS) is 15.6. The lowest BCUT2D eigenvalue weighted by atomic mass is 10.1. The first-order valence-electron chi connectivity index (χ1n) is 6.69. The van der Waals surface area contributed by atoms with E-state index in [1.807, 2.05) is 0 Å². The summed E-state index contributed by atoms with van der Waals surface area (Å²) in [4.78, 5) is 24.8. The number of carbonyl (C=O) groups excluding carboxylic acids is 2. The fourth-order valence-corrected chi connectivity index (χ4v) is 2.26. The molecule has 4 heteroatoms. The van der Waals surface area contributed by atoms with Gasteiger partial charge in [0.05, 0.1) is 0 Å². The average Bonchev–Trinajstić information content (AvgIpc) is 2.41. The summed E-state index contributed by atoms with van der Waals surface area (Å²) in [6.07, 6.45) is 3.01. The van der Waals surface area contributed by atoms with Crippen molar-refractivity contribution in [2.24, 2.45) is 0 Å². The van der Waals surface area contributed by atoms with Crippen LogP contribution in [0.3, 0.4) is 0 Å². The number of nitrogens with zero attached hydrogens (tertiary/aromatic N) is 1. The minimum atomic E-state index is -0.238. The molecular formula is C15H18FNO2. The zero-order valence-electron chi connectivity index (χ0n) is 10.9.